The van der Waals surface area contributed by atoms with Crippen molar-refractivity contribution in [3.8, 4) is 0 Å². The molecule has 2 heterocycles. The van der Waals surface area contributed by atoms with E-state index in [9.17, 15) is 14.7 Å². The van der Waals surface area contributed by atoms with Crippen LogP contribution in [0.1, 0.15) is 85.1 Å². The summed E-state index contributed by atoms with van der Waals surface area (Å²) >= 11 is 0. The van der Waals surface area contributed by atoms with Crippen molar-refractivity contribution < 1.29 is 14.7 Å². The lowest BCUT2D eigenvalue weighted by Gasteiger charge is -2.29. The first-order chi connectivity index (χ1) is 17.7. The van der Waals surface area contributed by atoms with Crippen LogP contribution in [0.5, 0.6) is 0 Å². The van der Waals surface area contributed by atoms with E-state index in [2.05, 4.69) is 42.8 Å². The molecule has 5 rings (SSSR count). The van der Waals surface area contributed by atoms with E-state index in [0.29, 0.717) is 35.6 Å². The molecule has 1 N–H and O–H groups in total. The van der Waals surface area contributed by atoms with Crippen molar-refractivity contribution in [2.75, 3.05) is 11.4 Å². The van der Waals surface area contributed by atoms with Gasteiger partial charge in [0, 0.05) is 41.4 Å². The molecular formula is C32H38N2O3. The molecule has 1 saturated carbocycles. The van der Waals surface area contributed by atoms with Crippen LogP contribution in [0.15, 0.2) is 74.8 Å². The number of carbonyl (C=O) groups excluding carboxylic acids is 2. The number of aliphatic hydroxyl groups excluding tert-OH is 1. The predicted molar refractivity (Wildman–Crippen MR) is 149 cm³/mol. The summed E-state index contributed by atoms with van der Waals surface area (Å²) in [6, 6.07) is 8.31. The van der Waals surface area contributed by atoms with Crippen LogP contribution in [0.3, 0.4) is 0 Å². The molecule has 0 aromatic heterocycles. The van der Waals surface area contributed by atoms with E-state index in [-0.39, 0.29) is 22.9 Å². The van der Waals surface area contributed by atoms with Crippen molar-refractivity contribution in [2.45, 2.75) is 85.0 Å². The number of aliphatic hydroxyl groups is 1. The Morgan fingerprint density at radius 3 is 2.54 bits per heavy atom. The van der Waals surface area contributed by atoms with Gasteiger partial charge in [0.2, 0.25) is 5.78 Å². The van der Waals surface area contributed by atoms with E-state index in [0.717, 1.165) is 53.9 Å². The fraction of sp³-hybridized carbons (Fsp3) is 0.469. The van der Waals surface area contributed by atoms with Crippen molar-refractivity contribution in [1.29, 1.82) is 0 Å². The number of hydrogen-bond donors (Lipinski definition) is 1. The molecule has 4 aliphatic rings. The highest BCUT2D eigenvalue weighted by molar-refractivity contribution is 6.22. The Morgan fingerprint density at radius 2 is 1.89 bits per heavy atom. The number of fused-ring (bicyclic) bond motifs is 1. The highest BCUT2D eigenvalue weighted by atomic mass is 16.3. The molecular weight excluding hydrogens is 460 g/mol. The van der Waals surface area contributed by atoms with E-state index < -0.39 is 0 Å². The van der Waals surface area contributed by atoms with Gasteiger partial charge in [-0.15, -0.1) is 0 Å². The third-order valence-electron chi connectivity index (χ3n) is 8.77. The minimum atomic E-state index is -0.337. The third-order valence-corrected chi connectivity index (χ3v) is 8.77. The number of rotatable bonds is 7. The van der Waals surface area contributed by atoms with Crippen LogP contribution < -0.4 is 4.90 Å². The van der Waals surface area contributed by atoms with E-state index in [1.54, 1.807) is 0 Å². The van der Waals surface area contributed by atoms with Gasteiger partial charge < -0.3 is 10.0 Å². The average Bonchev–Trinajstić information content (AvgIpc) is 3.56. The van der Waals surface area contributed by atoms with Gasteiger partial charge in [-0.25, -0.2) is 0 Å². The zero-order valence-electron chi connectivity index (χ0n) is 22.8. The molecule has 1 fully saturated rings. The smallest absolute Gasteiger partial charge is 0.202 e. The van der Waals surface area contributed by atoms with Crippen LogP contribution in [-0.2, 0) is 15.0 Å². The van der Waals surface area contributed by atoms with Crippen LogP contribution in [0.2, 0.25) is 0 Å². The Morgan fingerprint density at radius 1 is 1.19 bits per heavy atom. The van der Waals surface area contributed by atoms with Crippen LogP contribution in [0.25, 0.3) is 0 Å². The summed E-state index contributed by atoms with van der Waals surface area (Å²) < 4.78 is 0. The number of nitrogens with zero attached hydrogens (tertiary/aromatic N) is 2. The molecule has 0 bridgehead atoms. The maximum absolute atomic E-state index is 13.4. The molecule has 0 radical (unpaired) electrons. The molecule has 5 heteroatoms. The van der Waals surface area contributed by atoms with E-state index in [1.807, 2.05) is 32.1 Å². The maximum Gasteiger partial charge on any atom is 0.202 e. The Hall–Kier alpha value is -3.21. The number of carbonyl (C=O) groups is 2. The second-order valence-corrected chi connectivity index (χ2v) is 11.3. The van der Waals surface area contributed by atoms with Gasteiger partial charge in [0.15, 0.2) is 0 Å². The summed E-state index contributed by atoms with van der Waals surface area (Å²) in [5.41, 5.74) is 7.26. The first-order valence-corrected chi connectivity index (χ1v) is 13.8. The predicted octanol–water partition coefficient (Wildman–Crippen LogP) is 7.06. The van der Waals surface area contributed by atoms with Gasteiger partial charge in [-0.05, 0) is 68.4 Å². The molecule has 194 valence electrons. The zero-order valence-corrected chi connectivity index (χ0v) is 22.8. The van der Waals surface area contributed by atoms with Crippen molar-refractivity contribution >= 4 is 23.0 Å². The number of para-hydroxylation sites is 1. The molecule has 5 nitrogen and oxygen atoms in total. The van der Waals surface area contributed by atoms with Crippen molar-refractivity contribution in [3.63, 3.8) is 0 Å². The number of ketones is 2. The Labute approximate surface area is 220 Å². The third kappa shape index (κ3) is 4.13. The molecule has 2 aliphatic carbocycles. The van der Waals surface area contributed by atoms with Crippen molar-refractivity contribution in [1.82, 2.24) is 0 Å². The first-order valence-electron chi connectivity index (χ1n) is 13.8. The Bertz CT molecular complexity index is 1330. The number of benzene rings is 1. The zero-order chi connectivity index (χ0) is 26.5. The minimum absolute atomic E-state index is 0.0314. The number of hydrogen-bond acceptors (Lipinski definition) is 5. The average molecular weight is 499 g/mol. The van der Waals surface area contributed by atoms with Gasteiger partial charge in [0.05, 0.1) is 16.8 Å². The molecule has 0 saturated heterocycles. The van der Waals surface area contributed by atoms with Gasteiger partial charge in [-0.2, -0.15) is 0 Å². The quantitative estimate of drug-likeness (QED) is 0.409. The van der Waals surface area contributed by atoms with Crippen molar-refractivity contribution in [3.05, 3.63) is 75.4 Å². The molecule has 1 aromatic rings. The largest absolute Gasteiger partial charge is 0.506 e. The summed E-state index contributed by atoms with van der Waals surface area (Å²) in [7, 11) is 0. The summed E-state index contributed by atoms with van der Waals surface area (Å²) in [6.45, 7) is 11.0. The number of allylic oxidation sites excluding steroid dienone is 6. The lowest BCUT2D eigenvalue weighted by molar-refractivity contribution is -0.122. The molecule has 2 aliphatic heterocycles. The SMILES string of the molecule is CCC1=C(C)C(=C2C(=O)C(C=C3N(CCCC(=O)C4CCCC4)c4ccccc4C3(C)C)=C2O)N=C1C. The second kappa shape index (κ2) is 9.59. The Balaban J connectivity index is 1.47. The number of anilines is 1. The van der Waals surface area contributed by atoms with Gasteiger partial charge in [0.25, 0.3) is 0 Å². The van der Waals surface area contributed by atoms with Crippen LogP contribution in [-0.4, -0.2) is 28.9 Å². The summed E-state index contributed by atoms with van der Waals surface area (Å²) in [5.74, 6) is 0.508. The lowest BCUT2D eigenvalue weighted by atomic mass is 9.79. The van der Waals surface area contributed by atoms with Gasteiger partial charge in [-0.1, -0.05) is 51.8 Å². The fourth-order valence-corrected chi connectivity index (χ4v) is 6.62. The second-order valence-electron chi connectivity index (χ2n) is 11.3. The van der Waals surface area contributed by atoms with Gasteiger partial charge in [-0.3, -0.25) is 14.6 Å². The number of Topliss-reactive ketones (excluding diaryl/α,β-unsaturated/α-hetero) is 2. The standard InChI is InChI=1S/C32H38N2O3/c1-6-22-19(2)29(33-20(22)3)28-30(36)23(31(28)37)18-27-32(4,5)24-14-9-10-15-25(24)34(27)17-11-16-26(35)21-12-7-8-13-21/h9-10,14-15,18,21,36H,6-8,11-13,16-17H2,1-5H3. The molecule has 0 spiro atoms. The monoisotopic (exact) mass is 498 g/mol. The normalized spacial score (nSPS) is 24.4. The molecule has 0 atom stereocenters. The fourth-order valence-electron chi connectivity index (χ4n) is 6.62. The minimum Gasteiger partial charge on any atom is -0.506 e. The van der Waals surface area contributed by atoms with E-state index >= 15 is 0 Å². The first kappa shape index (κ1) is 25.4. The topological polar surface area (TPSA) is 70.0 Å². The molecule has 1 aromatic carbocycles. The summed E-state index contributed by atoms with van der Waals surface area (Å²) in [6.07, 6.45) is 8.48. The molecule has 0 unspecified atom stereocenters. The Kier molecular flexibility index (Phi) is 6.59. The lowest BCUT2D eigenvalue weighted by Crippen LogP contribution is -2.30. The van der Waals surface area contributed by atoms with E-state index in [4.69, 9.17) is 0 Å². The summed E-state index contributed by atoms with van der Waals surface area (Å²) in [5, 5.41) is 11.1. The van der Waals surface area contributed by atoms with Gasteiger partial charge in [0.1, 0.15) is 11.5 Å². The van der Waals surface area contributed by atoms with Gasteiger partial charge >= 0.3 is 0 Å². The number of aliphatic imine (C=N–C) groups is 1. The highest BCUT2D eigenvalue weighted by Crippen LogP contribution is 2.49. The van der Waals surface area contributed by atoms with E-state index in [1.165, 1.54) is 18.4 Å². The van der Waals surface area contributed by atoms with Crippen LogP contribution in [0.4, 0.5) is 5.69 Å². The molecule has 0 amide bonds. The summed E-state index contributed by atoms with van der Waals surface area (Å²) in [4.78, 5) is 32.9. The van der Waals surface area contributed by atoms with Crippen LogP contribution in [0, 0.1) is 5.92 Å². The molecule has 37 heavy (non-hydrogen) atoms. The van der Waals surface area contributed by atoms with Crippen LogP contribution >= 0.6 is 0 Å². The highest BCUT2D eigenvalue weighted by Gasteiger charge is 2.43. The maximum atomic E-state index is 13.4. The van der Waals surface area contributed by atoms with Crippen molar-refractivity contribution in [2.24, 2.45) is 10.9 Å².